The van der Waals surface area contributed by atoms with Gasteiger partial charge < -0.3 is 15.2 Å². The second-order valence-corrected chi connectivity index (χ2v) is 5.75. The second kappa shape index (κ2) is 6.50. The predicted octanol–water partition coefficient (Wildman–Crippen LogP) is 2.22. The lowest BCUT2D eigenvalue weighted by Crippen LogP contribution is -2.45. The Kier molecular flexibility index (Phi) is 5.59. The summed E-state index contributed by atoms with van der Waals surface area (Å²) in [5.41, 5.74) is 0.149. The molecule has 17 heavy (non-hydrogen) atoms. The van der Waals surface area contributed by atoms with Gasteiger partial charge in [-0.25, -0.2) is 0 Å². The zero-order valence-corrected chi connectivity index (χ0v) is 11.9. The van der Waals surface area contributed by atoms with Crippen molar-refractivity contribution in [1.82, 2.24) is 5.32 Å². The van der Waals surface area contributed by atoms with Gasteiger partial charge >= 0.3 is 0 Å². The number of thiophene rings is 1. The fourth-order valence-electron chi connectivity index (χ4n) is 1.67. The van der Waals surface area contributed by atoms with E-state index in [0.717, 1.165) is 5.56 Å². The SMILES string of the molecule is COC[C@@H](NC[C@@](C)(O)c1ccsc1)C(C)C. The molecule has 0 aliphatic carbocycles. The van der Waals surface area contributed by atoms with Crippen LogP contribution in [0.15, 0.2) is 16.8 Å². The smallest absolute Gasteiger partial charge is 0.1000 e. The number of hydrogen-bond donors (Lipinski definition) is 2. The largest absolute Gasteiger partial charge is 0.384 e. The first kappa shape index (κ1) is 14.6. The van der Waals surface area contributed by atoms with Gasteiger partial charge in [0.1, 0.15) is 0 Å². The summed E-state index contributed by atoms with van der Waals surface area (Å²) < 4.78 is 5.18. The molecule has 1 aromatic rings. The molecule has 1 aromatic heterocycles. The molecule has 0 aromatic carbocycles. The van der Waals surface area contributed by atoms with Crippen LogP contribution in [0.2, 0.25) is 0 Å². The maximum Gasteiger partial charge on any atom is 0.1000 e. The minimum atomic E-state index is -0.819. The normalized spacial score (nSPS) is 17.1. The van der Waals surface area contributed by atoms with Crippen molar-refractivity contribution in [1.29, 1.82) is 0 Å². The van der Waals surface area contributed by atoms with Crippen molar-refractivity contribution in [2.24, 2.45) is 5.92 Å². The van der Waals surface area contributed by atoms with Crippen molar-refractivity contribution >= 4 is 11.3 Å². The highest BCUT2D eigenvalue weighted by Crippen LogP contribution is 2.22. The summed E-state index contributed by atoms with van der Waals surface area (Å²) in [4.78, 5) is 0. The molecule has 2 N–H and O–H groups in total. The fourth-order valence-corrected chi connectivity index (χ4v) is 2.45. The minimum Gasteiger partial charge on any atom is -0.384 e. The lowest BCUT2D eigenvalue weighted by atomic mass is 9.97. The van der Waals surface area contributed by atoms with E-state index >= 15 is 0 Å². The van der Waals surface area contributed by atoms with Gasteiger partial charge in [0.05, 0.1) is 12.2 Å². The Hall–Kier alpha value is -0.420. The highest BCUT2D eigenvalue weighted by Gasteiger charge is 2.25. The summed E-state index contributed by atoms with van der Waals surface area (Å²) in [6.07, 6.45) is 0. The first-order valence-corrected chi connectivity index (χ1v) is 6.89. The number of ether oxygens (including phenoxy) is 1. The molecule has 0 fully saturated rings. The molecule has 3 nitrogen and oxygen atoms in total. The molecule has 0 saturated carbocycles. The fraction of sp³-hybridized carbons (Fsp3) is 0.692. The third kappa shape index (κ3) is 4.39. The zero-order valence-electron chi connectivity index (χ0n) is 11.1. The summed E-state index contributed by atoms with van der Waals surface area (Å²) in [6.45, 7) is 7.34. The van der Waals surface area contributed by atoms with Crippen molar-refractivity contribution in [2.75, 3.05) is 20.3 Å². The van der Waals surface area contributed by atoms with Crippen LogP contribution in [0.25, 0.3) is 0 Å². The molecular formula is C13H23NO2S. The van der Waals surface area contributed by atoms with E-state index in [1.165, 1.54) is 0 Å². The summed E-state index contributed by atoms with van der Waals surface area (Å²) in [5, 5.41) is 17.7. The lowest BCUT2D eigenvalue weighted by molar-refractivity contribution is 0.0456. The van der Waals surface area contributed by atoms with Crippen LogP contribution in [0.1, 0.15) is 26.3 Å². The van der Waals surface area contributed by atoms with Gasteiger partial charge in [0, 0.05) is 19.7 Å². The van der Waals surface area contributed by atoms with Gasteiger partial charge in [0.25, 0.3) is 0 Å². The van der Waals surface area contributed by atoms with Gasteiger partial charge in [0.2, 0.25) is 0 Å². The molecule has 0 aliphatic heterocycles. The van der Waals surface area contributed by atoms with Crippen LogP contribution in [0, 0.1) is 5.92 Å². The number of hydrogen-bond acceptors (Lipinski definition) is 4. The Morgan fingerprint density at radius 2 is 2.24 bits per heavy atom. The third-order valence-corrected chi connectivity index (χ3v) is 3.69. The molecule has 1 heterocycles. The third-order valence-electron chi connectivity index (χ3n) is 3.00. The van der Waals surface area contributed by atoms with E-state index in [1.54, 1.807) is 18.4 Å². The number of methoxy groups -OCH3 is 1. The average Bonchev–Trinajstić information content (AvgIpc) is 2.77. The van der Waals surface area contributed by atoms with E-state index in [4.69, 9.17) is 4.74 Å². The standard InChI is InChI=1S/C13H23NO2S/c1-10(2)12(7-16-4)14-9-13(3,15)11-5-6-17-8-11/h5-6,8,10,12,14-15H,7,9H2,1-4H3/t12-,13-/m1/s1. The topological polar surface area (TPSA) is 41.5 Å². The summed E-state index contributed by atoms with van der Waals surface area (Å²) >= 11 is 1.60. The van der Waals surface area contributed by atoms with Gasteiger partial charge in [-0.3, -0.25) is 0 Å². The number of aliphatic hydroxyl groups is 1. The van der Waals surface area contributed by atoms with Crippen LogP contribution in [0.3, 0.4) is 0 Å². The van der Waals surface area contributed by atoms with Gasteiger partial charge in [-0.15, -0.1) is 0 Å². The molecular weight excluding hydrogens is 234 g/mol. The van der Waals surface area contributed by atoms with E-state index in [-0.39, 0.29) is 6.04 Å². The molecule has 0 radical (unpaired) electrons. The van der Waals surface area contributed by atoms with E-state index < -0.39 is 5.60 Å². The van der Waals surface area contributed by atoms with E-state index in [9.17, 15) is 5.11 Å². The maximum atomic E-state index is 10.4. The van der Waals surface area contributed by atoms with E-state index in [2.05, 4.69) is 19.2 Å². The summed E-state index contributed by atoms with van der Waals surface area (Å²) in [6, 6.07) is 2.23. The second-order valence-electron chi connectivity index (χ2n) is 4.97. The Balaban J connectivity index is 2.53. The van der Waals surface area contributed by atoms with Gasteiger partial charge in [-0.1, -0.05) is 13.8 Å². The molecule has 2 atom stereocenters. The van der Waals surface area contributed by atoms with Crippen LogP contribution in [0.5, 0.6) is 0 Å². The average molecular weight is 257 g/mol. The van der Waals surface area contributed by atoms with Gasteiger partial charge in [-0.2, -0.15) is 11.3 Å². The molecule has 1 rings (SSSR count). The molecule has 0 bridgehead atoms. The lowest BCUT2D eigenvalue weighted by Gasteiger charge is -2.28. The monoisotopic (exact) mass is 257 g/mol. The molecule has 0 unspecified atom stereocenters. The molecule has 0 saturated heterocycles. The van der Waals surface area contributed by atoms with E-state index in [0.29, 0.717) is 19.1 Å². The van der Waals surface area contributed by atoms with Crippen molar-refractivity contribution in [3.8, 4) is 0 Å². The van der Waals surface area contributed by atoms with E-state index in [1.807, 2.05) is 23.8 Å². The van der Waals surface area contributed by atoms with Crippen molar-refractivity contribution in [3.63, 3.8) is 0 Å². The molecule has 0 amide bonds. The predicted molar refractivity (Wildman–Crippen MR) is 72.4 cm³/mol. The summed E-state index contributed by atoms with van der Waals surface area (Å²) in [7, 11) is 1.70. The maximum absolute atomic E-state index is 10.4. The first-order valence-electron chi connectivity index (χ1n) is 5.94. The van der Waals surface area contributed by atoms with Crippen molar-refractivity contribution in [2.45, 2.75) is 32.4 Å². The number of nitrogens with one attached hydrogen (secondary N) is 1. The van der Waals surface area contributed by atoms with Crippen molar-refractivity contribution in [3.05, 3.63) is 22.4 Å². The van der Waals surface area contributed by atoms with Gasteiger partial charge in [-0.05, 0) is 35.2 Å². The molecule has 4 heteroatoms. The highest BCUT2D eigenvalue weighted by atomic mass is 32.1. The van der Waals surface area contributed by atoms with Crippen LogP contribution in [-0.2, 0) is 10.3 Å². The quantitative estimate of drug-likeness (QED) is 0.787. The Labute approximate surface area is 108 Å². The Bertz CT molecular complexity index is 309. The minimum absolute atomic E-state index is 0.269. The van der Waals surface area contributed by atoms with Crippen LogP contribution in [-0.4, -0.2) is 31.4 Å². The Morgan fingerprint density at radius 3 is 2.71 bits per heavy atom. The summed E-state index contributed by atoms with van der Waals surface area (Å²) in [5.74, 6) is 0.480. The number of rotatable bonds is 7. The van der Waals surface area contributed by atoms with Crippen LogP contribution in [0.4, 0.5) is 0 Å². The Morgan fingerprint density at radius 1 is 1.53 bits per heavy atom. The first-order chi connectivity index (χ1) is 7.97. The zero-order chi connectivity index (χ0) is 12.9. The highest BCUT2D eigenvalue weighted by molar-refractivity contribution is 7.08. The van der Waals surface area contributed by atoms with Crippen LogP contribution < -0.4 is 5.32 Å². The molecule has 0 aliphatic rings. The molecule has 0 spiro atoms. The van der Waals surface area contributed by atoms with Crippen LogP contribution >= 0.6 is 11.3 Å². The van der Waals surface area contributed by atoms with Crippen molar-refractivity contribution < 1.29 is 9.84 Å². The van der Waals surface area contributed by atoms with Gasteiger partial charge in [0.15, 0.2) is 0 Å². The molecule has 98 valence electrons.